The predicted octanol–water partition coefficient (Wildman–Crippen LogP) is 3.44. The Bertz CT molecular complexity index is 503. The maximum absolute atomic E-state index is 12.7. The Morgan fingerprint density at radius 1 is 1.14 bits per heavy atom. The van der Waals surface area contributed by atoms with Gasteiger partial charge in [-0.2, -0.15) is 0 Å². The Kier molecular flexibility index (Phi) is 11.1. The van der Waals surface area contributed by atoms with Gasteiger partial charge in [-0.15, -0.1) is 0 Å². The molecule has 7 heteroatoms. The molecule has 162 valence electrons. The number of aliphatic hydroxyl groups is 2. The summed E-state index contributed by atoms with van der Waals surface area (Å²) in [6, 6.07) is -0.621. The molecule has 1 amide bonds. The molecule has 28 heavy (non-hydrogen) atoms. The summed E-state index contributed by atoms with van der Waals surface area (Å²) in [7, 11) is 0. The molecule has 1 fully saturated rings. The van der Waals surface area contributed by atoms with Gasteiger partial charge in [0.15, 0.2) is 0 Å². The van der Waals surface area contributed by atoms with E-state index in [9.17, 15) is 19.8 Å². The number of aliphatic hydroxyl groups excluding tert-OH is 2. The fraction of sp³-hybridized carbons (Fsp3) is 0.810. The van der Waals surface area contributed by atoms with E-state index in [4.69, 9.17) is 16.7 Å². The van der Waals surface area contributed by atoms with E-state index in [2.05, 4.69) is 11.9 Å². The van der Waals surface area contributed by atoms with Gasteiger partial charge in [0.25, 0.3) is 0 Å². The van der Waals surface area contributed by atoms with Crippen LogP contribution >= 0.6 is 11.6 Å². The zero-order chi connectivity index (χ0) is 21.3. The number of carboxylic acids is 1. The average Bonchev–Trinajstić information content (AvgIpc) is 2.59. The van der Waals surface area contributed by atoms with Crippen molar-refractivity contribution in [1.29, 1.82) is 0 Å². The van der Waals surface area contributed by atoms with Crippen molar-refractivity contribution in [2.45, 2.75) is 89.9 Å². The van der Waals surface area contributed by atoms with Crippen molar-refractivity contribution in [2.24, 2.45) is 17.8 Å². The lowest BCUT2D eigenvalue weighted by atomic mass is 9.82. The molecule has 0 bridgehead atoms. The largest absolute Gasteiger partial charge is 0.481 e. The summed E-state index contributed by atoms with van der Waals surface area (Å²) in [5.74, 6) is -1.84. The van der Waals surface area contributed by atoms with E-state index >= 15 is 0 Å². The van der Waals surface area contributed by atoms with Crippen LogP contribution in [0.1, 0.15) is 71.6 Å². The Balaban J connectivity index is 2.89. The minimum absolute atomic E-state index is 0.0560. The van der Waals surface area contributed by atoms with Crippen LogP contribution in [-0.4, -0.2) is 45.4 Å². The molecule has 1 saturated carbocycles. The van der Waals surface area contributed by atoms with E-state index in [0.717, 1.165) is 25.7 Å². The van der Waals surface area contributed by atoms with E-state index in [1.54, 1.807) is 0 Å². The summed E-state index contributed by atoms with van der Waals surface area (Å²) < 4.78 is 0. The predicted molar refractivity (Wildman–Crippen MR) is 110 cm³/mol. The summed E-state index contributed by atoms with van der Waals surface area (Å²) in [4.78, 5) is 23.9. The van der Waals surface area contributed by atoms with Gasteiger partial charge in [-0.05, 0) is 31.1 Å². The smallest absolute Gasteiger partial charge is 0.304 e. The van der Waals surface area contributed by atoms with E-state index in [0.29, 0.717) is 18.8 Å². The Hall–Kier alpha value is -1.11. The molecular weight excluding hydrogens is 382 g/mol. The van der Waals surface area contributed by atoms with E-state index in [1.165, 1.54) is 6.42 Å². The number of amides is 1. The normalized spacial score (nSPS) is 19.6. The summed E-state index contributed by atoms with van der Waals surface area (Å²) in [5, 5.41) is 33.3. The van der Waals surface area contributed by atoms with Crippen LogP contribution in [0.2, 0.25) is 0 Å². The van der Waals surface area contributed by atoms with Gasteiger partial charge in [0.05, 0.1) is 24.5 Å². The monoisotopic (exact) mass is 417 g/mol. The first-order chi connectivity index (χ1) is 13.1. The van der Waals surface area contributed by atoms with Crippen molar-refractivity contribution in [1.82, 2.24) is 5.32 Å². The molecule has 4 N–H and O–H groups in total. The lowest BCUT2D eigenvalue weighted by Crippen LogP contribution is -2.51. The molecule has 6 nitrogen and oxygen atoms in total. The molecule has 0 spiro atoms. The molecule has 0 unspecified atom stereocenters. The third kappa shape index (κ3) is 9.39. The van der Waals surface area contributed by atoms with E-state index < -0.39 is 36.0 Å². The molecule has 0 heterocycles. The van der Waals surface area contributed by atoms with Gasteiger partial charge in [0, 0.05) is 5.03 Å². The summed E-state index contributed by atoms with van der Waals surface area (Å²) in [6.45, 7) is 7.47. The SMILES string of the molecule is C=C(Cl)C[C@H](CC(=O)O)C(=O)N[C@@H](CC1CCCCC1)[C@@H](O)[C@@H](O)CC(C)C. The van der Waals surface area contributed by atoms with Gasteiger partial charge in [0.1, 0.15) is 6.10 Å². The van der Waals surface area contributed by atoms with Crippen LogP contribution in [-0.2, 0) is 9.59 Å². The number of carbonyl (C=O) groups excluding carboxylic acids is 1. The summed E-state index contributed by atoms with van der Waals surface area (Å²) in [6.07, 6.45) is 4.18. The number of hydrogen-bond donors (Lipinski definition) is 4. The molecule has 0 saturated heterocycles. The van der Waals surface area contributed by atoms with E-state index in [-0.39, 0.29) is 23.8 Å². The minimum atomic E-state index is -1.10. The first-order valence-corrected chi connectivity index (χ1v) is 10.7. The number of aliphatic carboxylic acids is 1. The number of halogens is 1. The Labute approximate surface area is 173 Å². The Morgan fingerprint density at radius 3 is 2.25 bits per heavy atom. The second-order valence-electron chi connectivity index (χ2n) is 8.56. The van der Waals surface area contributed by atoms with Crippen molar-refractivity contribution < 1.29 is 24.9 Å². The zero-order valence-electron chi connectivity index (χ0n) is 17.1. The molecule has 0 aliphatic heterocycles. The quantitative estimate of drug-likeness (QED) is 0.389. The van der Waals surface area contributed by atoms with Crippen molar-refractivity contribution in [3.63, 3.8) is 0 Å². The van der Waals surface area contributed by atoms with Crippen LogP contribution in [0.3, 0.4) is 0 Å². The molecular formula is C21H36ClNO5. The lowest BCUT2D eigenvalue weighted by molar-refractivity contribution is -0.141. The number of carboxylic acid groups (broad SMARTS) is 1. The summed E-state index contributed by atoms with van der Waals surface area (Å²) >= 11 is 5.81. The van der Waals surface area contributed by atoms with Crippen molar-refractivity contribution in [2.75, 3.05) is 0 Å². The molecule has 0 aromatic carbocycles. The number of hydrogen-bond acceptors (Lipinski definition) is 4. The lowest BCUT2D eigenvalue weighted by Gasteiger charge is -2.33. The topological polar surface area (TPSA) is 107 Å². The van der Waals surface area contributed by atoms with Gasteiger partial charge < -0.3 is 20.6 Å². The molecule has 1 rings (SSSR count). The van der Waals surface area contributed by atoms with Crippen LogP contribution in [0.25, 0.3) is 0 Å². The highest BCUT2D eigenvalue weighted by Gasteiger charge is 2.33. The zero-order valence-corrected chi connectivity index (χ0v) is 17.8. The fourth-order valence-electron chi connectivity index (χ4n) is 3.99. The minimum Gasteiger partial charge on any atom is -0.481 e. The fourth-order valence-corrected chi connectivity index (χ4v) is 4.18. The Morgan fingerprint density at radius 2 is 1.75 bits per heavy atom. The van der Waals surface area contributed by atoms with Gasteiger partial charge in [0.2, 0.25) is 5.91 Å². The number of allylic oxidation sites excluding steroid dienone is 1. The maximum Gasteiger partial charge on any atom is 0.304 e. The third-order valence-electron chi connectivity index (χ3n) is 5.42. The van der Waals surface area contributed by atoms with Crippen molar-refractivity contribution in [3.8, 4) is 0 Å². The van der Waals surface area contributed by atoms with Gasteiger partial charge in [-0.3, -0.25) is 9.59 Å². The van der Waals surface area contributed by atoms with Gasteiger partial charge in [-0.1, -0.05) is 64.1 Å². The number of rotatable bonds is 12. The second kappa shape index (κ2) is 12.5. The number of carbonyl (C=O) groups is 2. The second-order valence-corrected chi connectivity index (χ2v) is 9.09. The van der Waals surface area contributed by atoms with Crippen LogP contribution in [0.15, 0.2) is 11.6 Å². The maximum atomic E-state index is 12.7. The van der Waals surface area contributed by atoms with Crippen molar-refractivity contribution in [3.05, 3.63) is 11.6 Å². The van der Waals surface area contributed by atoms with Crippen LogP contribution < -0.4 is 5.32 Å². The van der Waals surface area contributed by atoms with Gasteiger partial charge in [-0.25, -0.2) is 0 Å². The highest BCUT2D eigenvalue weighted by atomic mass is 35.5. The van der Waals surface area contributed by atoms with Crippen molar-refractivity contribution >= 4 is 23.5 Å². The molecule has 1 aliphatic carbocycles. The highest BCUT2D eigenvalue weighted by Crippen LogP contribution is 2.29. The molecule has 0 aromatic heterocycles. The number of nitrogens with one attached hydrogen (secondary N) is 1. The molecule has 0 radical (unpaired) electrons. The molecule has 0 aromatic rings. The van der Waals surface area contributed by atoms with Crippen LogP contribution in [0.5, 0.6) is 0 Å². The first-order valence-electron chi connectivity index (χ1n) is 10.3. The molecule has 1 aliphatic rings. The van der Waals surface area contributed by atoms with Crippen LogP contribution in [0, 0.1) is 17.8 Å². The van der Waals surface area contributed by atoms with Gasteiger partial charge >= 0.3 is 5.97 Å². The highest BCUT2D eigenvalue weighted by molar-refractivity contribution is 6.29. The third-order valence-corrected chi connectivity index (χ3v) is 5.57. The standard InChI is InChI=1S/C21H36ClNO5/c1-13(2)9-18(24)20(27)17(11-15-7-5-4-6-8-15)23-21(28)16(10-14(3)22)12-19(25)26/h13,15-18,20,24,27H,3-12H2,1-2H3,(H,23,28)(H,25,26)/t16-,17+,18+,20-/m1/s1. The average molecular weight is 418 g/mol. The van der Waals surface area contributed by atoms with E-state index in [1.807, 2.05) is 13.8 Å². The molecule has 4 atom stereocenters. The summed E-state index contributed by atoms with van der Waals surface area (Å²) in [5.41, 5.74) is 0. The first kappa shape index (κ1) is 24.9. The van der Waals surface area contributed by atoms with Crippen LogP contribution in [0.4, 0.5) is 0 Å².